The standard InChI is InChI=1S/C22H46NO5/c1-5-9-10-11-22(24)28-21-23(12-18-25-15-6-2,13-19-26-16-7-3)14-20-27-17-8-4/h5-21H2,1-4H3/q+1. The van der Waals surface area contributed by atoms with Crippen molar-refractivity contribution in [1.29, 1.82) is 0 Å². The highest BCUT2D eigenvalue weighted by Gasteiger charge is 2.29. The van der Waals surface area contributed by atoms with E-state index in [2.05, 4.69) is 27.7 Å². The summed E-state index contributed by atoms with van der Waals surface area (Å²) >= 11 is 0. The number of rotatable bonds is 21. The minimum Gasteiger partial charge on any atom is -0.415 e. The number of ether oxygens (including phenoxy) is 4. The third-order valence-electron chi connectivity index (χ3n) is 4.66. The van der Waals surface area contributed by atoms with Gasteiger partial charge in [0.25, 0.3) is 0 Å². The second-order valence-corrected chi connectivity index (χ2v) is 7.45. The van der Waals surface area contributed by atoms with Crippen molar-refractivity contribution in [3.05, 3.63) is 0 Å². The smallest absolute Gasteiger partial charge is 0.310 e. The van der Waals surface area contributed by atoms with Crippen molar-refractivity contribution < 1.29 is 28.2 Å². The van der Waals surface area contributed by atoms with Crippen molar-refractivity contribution >= 4 is 5.97 Å². The quantitative estimate of drug-likeness (QED) is 0.124. The highest BCUT2D eigenvalue weighted by molar-refractivity contribution is 5.69. The predicted octanol–water partition coefficient (Wildman–Crippen LogP) is 4.16. The van der Waals surface area contributed by atoms with Gasteiger partial charge >= 0.3 is 5.97 Å². The molecule has 6 nitrogen and oxygen atoms in total. The van der Waals surface area contributed by atoms with Gasteiger partial charge < -0.3 is 18.9 Å². The zero-order chi connectivity index (χ0) is 20.9. The molecule has 0 aliphatic rings. The van der Waals surface area contributed by atoms with Crippen LogP contribution >= 0.6 is 0 Å². The van der Waals surface area contributed by atoms with Crippen LogP contribution in [0.1, 0.15) is 72.6 Å². The van der Waals surface area contributed by atoms with Crippen LogP contribution in [0.2, 0.25) is 0 Å². The first-order chi connectivity index (χ1) is 13.6. The van der Waals surface area contributed by atoms with E-state index in [1.54, 1.807) is 0 Å². The Morgan fingerprint density at radius 2 is 1.11 bits per heavy atom. The number of hydrogen-bond donors (Lipinski definition) is 0. The number of esters is 1. The van der Waals surface area contributed by atoms with E-state index in [1.165, 1.54) is 0 Å². The molecule has 0 saturated carbocycles. The highest BCUT2D eigenvalue weighted by Crippen LogP contribution is 2.11. The molecule has 0 bridgehead atoms. The Labute approximate surface area is 173 Å². The fourth-order valence-corrected chi connectivity index (χ4v) is 2.84. The van der Waals surface area contributed by atoms with Crippen LogP contribution in [-0.2, 0) is 23.7 Å². The molecule has 0 radical (unpaired) electrons. The molecule has 0 spiro atoms. The summed E-state index contributed by atoms with van der Waals surface area (Å²) in [6, 6.07) is 0. The maximum Gasteiger partial charge on any atom is 0.310 e. The fraction of sp³-hybridized carbons (Fsp3) is 0.955. The number of hydrogen-bond acceptors (Lipinski definition) is 5. The monoisotopic (exact) mass is 404 g/mol. The molecule has 0 amide bonds. The average Bonchev–Trinajstić information content (AvgIpc) is 2.70. The van der Waals surface area contributed by atoms with Crippen LogP contribution < -0.4 is 0 Å². The molecule has 0 aliphatic carbocycles. The Bertz CT molecular complexity index is 321. The van der Waals surface area contributed by atoms with Crippen molar-refractivity contribution in [2.75, 3.05) is 66.0 Å². The van der Waals surface area contributed by atoms with E-state index < -0.39 is 0 Å². The molecule has 0 N–H and O–H groups in total. The summed E-state index contributed by atoms with van der Waals surface area (Å²) in [5.41, 5.74) is 0. The lowest BCUT2D eigenvalue weighted by atomic mass is 10.2. The van der Waals surface area contributed by atoms with Gasteiger partial charge in [0.1, 0.15) is 19.6 Å². The maximum absolute atomic E-state index is 12.2. The third kappa shape index (κ3) is 15.3. The van der Waals surface area contributed by atoms with Gasteiger partial charge in [0.05, 0.1) is 19.8 Å². The molecule has 0 unspecified atom stereocenters. The summed E-state index contributed by atoms with van der Waals surface area (Å²) in [5, 5.41) is 0. The number of nitrogens with zero attached hydrogens (tertiary/aromatic N) is 1. The summed E-state index contributed by atoms with van der Waals surface area (Å²) in [6.07, 6.45) is 6.58. The minimum atomic E-state index is -0.102. The zero-order valence-electron chi connectivity index (χ0n) is 19.0. The van der Waals surface area contributed by atoms with Crippen molar-refractivity contribution in [3.63, 3.8) is 0 Å². The Hall–Kier alpha value is -0.690. The molecule has 0 rings (SSSR count). The number of carbonyl (C=O) groups excluding carboxylic acids is 1. The van der Waals surface area contributed by atoms with Crippen LogP contribution in [0.5, 0.6) is 0 Å². The highest BCUT2D eigenvalue weighted by atomic mass is 16.6. The molecule has 0 aromatic carbocycles. The summed E-state index contributed by atoms with van der Waals surface area (Å²) in [6.45, 7) is 15.5. The molecule has 0 aromatic heterocycles. The predicted molar refractivity (Wildman–Crippen MR) is 113 cm³/mol. The molecule has 0 fully saturated rings. The SMILES string of the molecule is CCCCCC(=O)OC[N+](CCOCCC)(CCOCCC)CCOCCC. The second kappa shape index (κ2) is 19.6. The average molecular weight is 405 g/mol. The third-order valence-corrected chi connectivity index (χ3v) is 4.66. The molecule has 28 heavy (non-hydrogen) atoms. The van der Waals surface area contributed by atoms with Crippen LogP contribution in [0.4, 0.5) is 0 Å². The molecule has 0 aliphatic heterocycles. The van der Waals surface area contributed by atoms with Crippen LogP contribution in [0.15, 0.2) is 0 Å². The summed E-state index contributed by atoms with van der Waals surface area (Å²) in [7, 11) is 0. The lowest BCUT2D eigenvalue weighted by molar-refractivity contribution is -0.944. The summed E-state index contributed by atoms with van der Waals surface area (Å²) < 4.78 is 23.6. The first-order valence-electron chi connectivity index (χ1n) is 11.4. The number of quaternary nitrogens is 1. The molecule has 168 valence electrons. The number of unbranched alkanes of at least 4 members (excludes halogenated alkanes) is 2. The van der Waals surface area contributed by atoms with Gasteiger partial charge in [-0.15, -0.1) is 0 Å². The largest absolute Gasteiger partial charge is 0.415 e. The molecule has 6 heteroatoms. The van der Waals surface area contributed by atoms with Gasteiger partial charge in [-0.25, -0.2) is 0 Å². The Kier molecular flexibility index (Phi) is 19.1. The van der Waals surface area contributed by atoms with Gasteiger partial charge in [0.2, 0.25) is 6.73 Å². The number of carbonyl (C=O) groups is 1. The fourth-order valence-electron chi connectivity index (χ4n) is 2.84. The van der Waals surface area contributed by atoms with Crippen LogP contribution in [-0.4, -0.2) is 76.5 Å². The molecule has 0 heterocycles. The minimum absolute atomic E-state index is 0.102. The van der Waals surface area contributed by atoms with Crippen LogP contribution in [0, 0.1) is 0 Å². The van der Waals surface area contributed by atoms with E-state index in [1.807, 2.05) is 0 Å². The Morgan fingerprint density at radius 1 is 0.643 bits per heavy atom. The van der Waals surface area contributed by atoms with E-state index in [-0.39, 0.29) is 5.97 Å². The van der Waals surface area contributed by atoms with Crippen molar-refractivity contribution in [1.82, 2.24) is 0 Å². The van der Waals surface area contributed by atoms with Gasteiger partial charge in [0.15, 0.2) is 0 Å². The molecular weight excluding hydrogens is 358 g/mol. The van der Waals surface area contributed by atoms with Crippen molar-refractivity contribution in [2.24, 2.45) is 0 Å². The van der Waals surface area contributed by atoms with Gasteiger partial charge in [-0.2, -0.15) is 0 Å². The summed E-state index contributed by atoms with van der Waals surface area (Å²) in [5.74, 6) is -0.102. The zero-order valence-corrected chi connectivity index (χ0v) is 19.0. The molecular formula is C22H46NO5+. The van der Waals surface area contributed by atoms with Crippen LogP contribution in [0.3, 0.4) is 0 Å². The van der Waals surface area contributed by atoms with Crippen molar-refractivity contribution in [2.45, 2.75) is 72.6 Å². The maximum atomic E-state index is 12.2. The van der Waals surface area contributed by atoms with E-state index in [0.29, 0.717) is 37.5 Å². The normalized spacial score (nSPS) is 11.7. The molecule has 0 aromatic rings. The topological polar surface area (TPSA) is 54.0 Å². The second-order valence-electron chi connectivity index (χ2n) is 7.45. The first kappa shape index (κ1) is 27.3. The summed E-state index contributed by atoms with van der Waals surface area (Å²) in [4.78, 5) is 12.2. The lowest BCUT2D eigenvalue weighted by Crippen LogP contribution is -2.55. The van der Waals surface area contributed by atoms with E-state index in [4.69, 9.17) is 18.9 Å². The molecule has 0 saturated heterocycles. The van der Waals surface area contributed by atoms with E-state index >= 15 is 0 Å². The Balaban J connectivity index is 4.82. The van der Waals surface area contributed by atoms with Gasteiger partial charge in [-0.1, -0.05) is 40.5 Å². The van der Waals surface area contributed by atoms with Crippen LogP contribution in [0.25, 0.3) is 0 Å². The van der Waals surface area contributed by atoms with E-state index in [9.17, 15) is 4.79 Å². The van der Waals surface area contributed by atoms with Gasteiger partial charge in [-0.3, -0.25) is 9.28 Å². The van der Waals surface area contributed by atoms with Gasteiger partial charge in [-0.05, 0) is 25.7 Å². The van der Waals surface area contributed by atoms with Gasteiger partial charge in [0, 0.05) is 26.2 Å². The molecule has 0 atom stereocenters. The van der Waals surface area contributed by atoms with Crippen molar-refractivity contribution in [3.8, 4) is 0 Å². The van der Waals surface area contributed by atoms with E-state index in [0.717, 1.165) is 78.0 Å². The lowest BCUT2D eigenvalue weighted by Gasteiger charge is -2.37. The first-order valence-corrected chi connectivity index (χ1v) is 11.4. The Morgan fingerprint density at radius 3 is 1.50 bits per heavy atom.